The molecule has 1 saturated heterocycles. The first-order valence-electron chi connectivity index (χ1n) is 8.77. The fourth-order valence-electron chi connectivity index (χ4n) is 2.68. The Morgan fingerprint density at radius 3 is 2.52 bits per heavy atom. The number of methoxy groups -OCH3 is 1. The zero-order valence-electron chi connectivity index (χ0n) is 16.0. The van der Waals surface area contributed by atoms with Gasteiger partial charge in [0.15, 0.2) is 11.5 Å². The minimum Gasteiger partial charge on any atom is -0.493 e. The van der Waals surface area contributed by atoms with Crippen LogP contribution < -0.4 is 15.2 Å². The van der Waals surface area contributed by atoms with Crippen LogP contribution in [0.25, 0.3) is 6.08 Å². The number of hydrogen-bond acceptors (Lipinski definition) is 6. The Bertz CT molecular complexity index is 985. The van der Waals surface area contributed by atoms with Gasteiger partial charge in [0.1, 0.15) is 13.2 Å². The Morgan fingerprint density at radius 1 is 1.14 bits per heavy atom. The average Bonchev–Trinajstić information content (AvgIpc) is 2.95. The minimum atomic E-state index is -0.745. The molecule has 0 saturated carbocycles. The number of primary amides is 1. The van der Waals surface area contributed by atoms with Crippen LogP contribution in [0, 0.1) is 6.92 Å². The van der Waals surface area contributed by atoms with E-state index in [9.17, 15) is 14.4 Å². The Labute approximate surface area is 172 Å². The lowest BCUT2D eigenvalue weighted by Gasteiger charge is -2.12. The van der Waals surface area contributed by atoms with E-state index in [1.165, 1.54) is 12.7 Å². The molecule has 3 amide bonds. The first-order chi connectivity index (χ1) is 13.9. The van der Waals surface area contributed by atoms with Crippen LogP contribution in [0.3, 0.4) is 0 Å². The molecular formula is C21H20N2O5S. The average molecular weight is 412 g/mol. The maximum absolute atomic E-state index is 12.3. The lowest BCUT2D eigenvalue weighted by atomic mass is 10.1. The normalized spacial score (nSPS) is 15.1. The van der Waals surface area contributed by atoms with Crippen LogP contribution in [0.5, 0.6) is 11.5 Å². The molecule has 2 aromatic carbocycles. The summed E-state index contributed by atoms with van der Waals surface area (Å²) in [5.41, 5.74) is 7.95. The van der Waals surface area contributed by atoms with Crippen LogP contribution in [0.15, 0.2) is 47.4 Å². The molecule has 0 aromatic heterocycles. The topological polar surface area (TPSA) is 98.9 Å². The molecule has 1 aliphatic heterocycles. The number of thioether (sulfide) groups is 1. The molecule has 1 aliphatic rings. The highest BCUT2D eigenvalue weighted by molar-refractivity contribution is 8.18. The van der Waals surface area contributed by atoms with Crippen molar-refractivity contribution < 1.29 is 23.9 Å². The number of nitrogens with two attached hydrogens (primary N) is 1. The Hall–Kier alpha value is -3.26. The summed E-state index contributed by atoms with van der Waals surface area (Å²) >= 11 is 0.764. The van der Waals surface area contributed by atoms with Crippen LogP contribution in [0.2, 0.25) is 0 Å². The summed E-state index contributed by atoms with van der Waals surface area (Å²) < 4.78 is 11.2. The first-order valence-corrected chi connectivity index (χ1v) is 9.59. The second-order valence-electron chi connectivity index (χ2n) is 6.42. The molecule has 0 radical (unpaired) electrons. The van der Waals surface area contributed by atoms with Crippen molar-refractivity contribution in [2.75, 3.05) is 13.7 Å². The quantitative estimate of drug-likeness (QED) is 0.702. The van der Waals surface area contributed by atoms with E-state index in [-0.39, 0.29) is 4.91 Å². The number of hydrogen-bond donors (Lipinski definition) is 1. The molecule has 150 valence electrons. The van der Waals surface area contributed by atoms with Crippen LogP contribution in [-0.4, -0.2) is 35.6 Å². The van der Waals surface area contributed by atoms with Crippen LogP contribution >= 0.6 is 11.8 Å². The highest BCUT2D eigenvalue weighted by Crippen LogP contribution is 2.34. The van der Waals surface area contributed by atoms with E-state index in [1.54, 1.807) is 24.3 Å². The van der Waals surface area contributed by atoms with Gasteiger partial charge in [0.05, 0.1) is 12.0 Å². The van der Waals surface area contributed by atoms with Crippen molar-refractivity contribution in [3.05, 3.63) is 64.1 Å². The monoisotopic (exact) mass is 412 g/mol. The van der Waals surface area contributed by atoms with Crippen molar-refractivity contribution in [2.45, 2.75) is 13.5 Å². The van der Waals surface area contributed by atoms with E-state index in [0.29, 0.717) is 23.7 Å². The number of imide groups is 1. The lowest BCUT2D eigenvalue weighted by molar-refractivity contribution is -0.127. The van der Waals surface area contributed by atoms with Crippen molar-refractivity contribution in [3.63, 3.8) is 0 Å². The standard InChI is InChI=1S/C21H20N2O5S/c1-13-3-5-14(6-4-13)12-28-16-8-7-15(9-17(16)27-2)10-18-20(25)23(11-19(22)24)21(26)29-18/h3-10H,11-12H2,1-2H3,(H2,22,24)/b18-10-. The van der Waals surface area contributed by atoms with Crippen molar-refractivity contribution in [1.29, 1.82) is 0 Å². The number of carbonyl (C=O) groups is 3. The predicted molar refractivity (Wildman–Crippen MR) is 110 cm³/mol. The van der Waals surface area contributed by atoms with Crippen molar-refractivity contribution >= 4 is 34.9 Å². The molecule has 0 bridgehead atoms. The number of nitrogens with zero attached hydrogens (tertiary/aromatic N) is 1. The van der Waals surface area contributed by atoms with E-state index in [2.05, 4.69) is 0 Å². The molecule has 2 N–H and O–H groups in total. The highest BCUT2D eigenvalue weighted by Gasteiger charge is 2.35. The fraction of sp³-hybridized carbons (Fsp3) is 0.190. The number of benzene rings is 2. The van der Waals surface area contributed by atoms with Crippen molar-refractivity contribution in [1.82, 2.24) is 4.90 Å². The molecule has 3 rings (SSSR count). The Kier molecular flexibility index (Phi) is 6.23. The molecule has 1 fully saturated rings. The SMILES string of the molecule is COc1cc(/C=C2\SC(=O)N(CC(N)=O)C2=O)ccc1OCc1ccc(C)cc1. The van der Waals surface area contributed by atoms with E-state index in [1.807, 2.05) is 31.2 Å². The summed E-state index contributed by atoms with van der Waals surface area (Å²) in [7, 11) is 1.53. The molecular weight excluding hydrogens is 392 g/mol. The summed E-state index contributed by atoms with van der Waals surface area (Å²) in [5.74, 6) is -0.225. The van der Waals surface area contributed by atoms with Crippen molar-refractivity contribution in [2.24, 2.45) is 5.73 Å². The Morgan fingerprint density at radius 2 is 1.86 bits per heavy atom. The molecule has 7 nitrogen and oxygen atoms in total. The molecule has 0 unspecified atom stereocenters. The summed E-state index contributed by atoms with van der Waals surface area (Å²) in [6, 6.07) is 13.2. The third-order valence-corrected chi connectivity index (χ3v) is 5.10. The van der Waals surface area contributed by atoms with Gasteiger partial charge >= 0.3 is 0 Å². The van der Waals surface area contributed by atoms with Crippen LogP contribution in [0.1, 0.15) is 16.7 Å². The van der Waals surface area contributed by atoms with Gasteiger partial charge in [0, 0.05) is 0 Å². The molecule has 0 spiro atoms. The van der Waals surface area contributed by atoms with Crippen LogP contribution in [-0.2, 0) is 16.2 Å². The van der Waals surface area contributed by atoms with Gasteiger partial charge in [-0.25, -0.2) is 0 Å². The van der Waals surface area contributed by atoms with Gasteiger partial charge in [0.25, 0.3) is 11.1 Å². The van der Waals surface area contributed by atoms with Gasteiger partial charge in [-0.1, -0.05) is 35.9 Å². The predicted octanol–water partition coefficient (Wildman–Crippen LogP) is 3.10. The maximum Gasteiger partial charge on any atom is 0.294 e. The maximum atomic E-state index is 12.3. The van der Waals surface area contributed by atoms with Gasteiger partial charge in [-0.2, -0.15) is 0 Å². The first kappa shape index (κ1) is 20.5. The zero-order valence-corrected chi connectivity index (χ0v) is 16.8. The summed E-state index contributed by atoms with van der Waals surface area (Å²) in [6.07, 6.45) is 1.57. The van der Waals surface area contributed by atoms with Gasteiger partial charge in [0.2, 0.25) is 5.91 Å². The summed E-state index contributed by atoms with van der Waals surface area (Å²) in [6.45, 7) is 1.98. The molecule has 2 aromatic rings. The summed E-state index contributed by atoms with van der Waals surface area (Å²) in [5, 5.41) is -0.523. The largest absolute Gasteiger partial charge is 0.493 e. The van der Waals surface area contributed by atoms with E-state index in [4.69, 9.17) is 15.2 Å². The van der Waals surface area contributed by atoms with E-state index in [0.717, 1.165) is 22.2 Å². The van der Waals surface area contributed by atoms with Gasteiger partial charge in [-0.15, -0.1) is 0 Å². The molecule has 0 aliphatic carbocycles. The number of aryl methyl sites for hydroxylation is 1. The van der Waals surface area contributed by atoms with Gasteiger partial charge in [-0.05, 0) is 48.0 Å². The molecule has 1 heterocycles. The third kappa shape index (κ3) is 4.97. The second-order valence-corrected chi connectivity index (χ2v) is 7.41. The number of ether oxygens (including phenoxy) is 2. The zero-order chi connectivity index (χ0) is 21.0. The highest BCUT2D eigenvalue weighted by atomic mass is 32.2. The van der Waals surface area contributed by atoms with Crippen molar-refractivity contribution in [3.8, 4) is 11.5 Å². The molecule has 8 heteroatoms. The van der Waals surface area contributed by atoms with E-state index >= 15 is 0 Å². The number of carbonyl (C=O) groups excluding carboxylic acids is 3. The molecule has 0 atom stereocenters. The third-order valence-electron chi connectivity index (χ3n) is 4.19. The van der Waals surface area contributed by atoms with E-state index < -0.39 is 23.6 Å². The smallest absolute Gasteiger partial charge is 0.294 e. The minimum absolute atomic E-state index is 0.214. The second kappa shape index (κ2) is 8.83. The Balaban J connectivity index is 1.75. The summed E-state index contributed by atoms with van der Waals surface area (Å²) in [4.78, 5) is 36.3. The van der Waals surface area contributed by atoms with Gasteiger partial charge in [-0.3, -0.25) is 19.3 Å². The number of rotatable bonds is 7. The number of amides is 3. The molecule has 29 heavy (non-hydrogen) atoms. The lowest BCUT2D eigenvalue weighted by Crippen LogP contribution is -2.36. The van der Waals surface area contributed by atoms with Crippen LogP contribution in [0.4, 0.5) is 4.79 Å². The fourth-order valence-corrected chi connectivity index (χ4v) is 3.52. The van der Waals surface area contributed by atoms with Gasteiger partial charge < -0.3 is 15.2 Å².